The second kappa shape index (κ2) is 9.68. The summed E-state index contributed by atoms with van der Waals surface area (Å²) in [6.07, 6.45) is 6.39. The summed E-state index contributed by atoms with van der Waals surface area (Å²) >= 11 is 1.57. The topological polar surface area (TPSA) is 115 Å². The van der Waals surface area contributed by atoms with Crippen molar-refractivity contribution in [3.8, 4) is 12.1 Å². The molecule has 0 radical (unpaired) electrons. The number of hydrogen-bond acceptors (Lipinski definition) is 10. The van der Waals surface area contributed by atoms with Gasteiger partial charge in [0.2, 0.25) is 0 Å². The van der Waals surface area contributed by atoms with Gasteiger partial charge in [0.25, 0.3) is 0 Å². The first-order valence-electron chi connectivity index (χ1n) is 15.1. The predicted molar refractivity (Wildman–Crippen MR) is 158 cm³/mol. The van der Waals surface area contributed by atoms with Gasteiger partial charge in [0.15, 0.2) is 0 Å². The van der Waals surface area contributed by atoms with E-state index in [0.717, 1.165) is 93.9 Å². The van der Waals surface area contributed by atoms with Gasteiger partial charge in [-0.3, -0.25) is 4.90 Å². The normalized spacial score (nSPS) is 30.7. The van der Waals surface area contributed by atoms with Crippen LogP contribution >= 0.6 is 11.3 Å². The standard InChI is InChI=1S/C30H40FN7O2S/c1-19-25(36-10-4-7-28(2,39)15-36)34-27(40-18-30-9-5-11-38(30)14-20(31)12-30)35-26(19)37-16-29(17-37)8-3-6-22-23(29)21(13-32)24(33)41-22/h20,39H,3-12,14-18,33H2,1-2H3/t20-,28-,30+/m1/s1. The number of ether oxygens (including phenoxy) is 1. The number of rotatable bonds is 5. The third-order valence-corrected chi connectivity index (χ3v) is 11.4. The number of nitrogens with two attached hydrogens (primary N) is 1. The van der Waals surface area contributed by atoms with Gasteiger partial charge < -0.3 is 25.4 Å². The Bertz CT molecular complexity index is 1400. The molecule has 4 aliphatic heterocycles. The molecule has 9 nitrogen and oxygen atoms in total. The fourth-order valence-electron chi connectivity index (χ4n) is 8.41. The van der Waals surface area contributed by atoms with Crippen LogP contribution in [0.5, 0.6) is 6.01 Å². The van der Waals surface area contributed by atoms with E-state index in [-0.39, 0.29) is 11.0 Å². The van der Waals surface area contributed by atoms with Crippen LogP contribution in [0.2, 0.25) is 0 Å². The molecule has 1 aliphatic carbocycles. The highest BCUT2D eigenvalue weighted by molar-refractivity contribution is 7.16. The molecule has 1 spiro atoms. The average Bonchev–Trinajstić information content (AvgIpc) is 3.54. The van der Waals surface area contributed by atoms with Crippen molar-refractivity contribution in [1.29, 1.82) is 5.26 Å². The first-order valence-corrected chi connectivity index (χ1v) is 15.9. The Kier molecular flexibility index (Phi) is 6.41. The first-order chi connectivity index (χ1) is 19.6. The van der Waals surface area contributed by atoms with Gasteiger partial charge in [-0.1, -0.05) is 0 Å². The van der Waals surface area contributed by atoms with Crippen LogP contribution in [0.4, 0.5) is 21.0 Å². The van der Waals surface area contributed by atoms with Crippen molar-refractivity contribution in [3.63, 3.8) is 0 Å². The van der Waals surface area contributed by atoms with Gasteiger partial charge >= 0.3 is 6.01 Å². The number of alkyl halides is 1. The lowest BCUT2D eigenvalue weighted by atomic mass is 9.66. The van der Waals surface area contributed by atoms with E-state index in [2.05, 4.69) is 27.7 Å². The van der Waals surface area contributed by atoms with Crippen molar-refractivity contribution in [1.82, 2.24) is 14.9 Å². The Morgan fingerprint density at radius 3 is 2.63 bits per heavy atom. The van der Waals surface area contributed by atoms with E-state index in [9.17, 15) is 14.8 Å². The maximum absolute atomic E-state index is 14.4. The van der Waals surface area contributed by atoms with E-state index < -0.39 is 11.8 Å². The average molecular weight is 582 g/mol. The zero-order valence-corrected chi connectivity index (χ0v) is 24.9. The maximum atomic E-state index is 14.4. The summed E-state index contributed by atoms with van der Waals surface area (Å²) in [5.74, 6) is 1.63. The number of nitrogens with zero attached hydrogens (tertiary/aromatic N) is 6. The quantitative estimate of drug-likeness (QED) is 0.546. The van der Waals surface area contributed by atoms with Crippen LogP contribution < -0.4 is 20.3 Å². The minimum Gasteiger partial charge on any atom is -0.461 e. The lowest BCUT2D eigenvalue weighted by molar-refractivity contribution is 0.0446. The largest absolute Gasteiger partial charge is 0.461 e. The van der Waals surface area contributed by atoms with Crippen molar-refractivity contribution >= 4 is 28.0 Å². The Morgan fingerprint density at radius 1 is 1.12 bits per heavy atom. The van der Waals surface area contributed by atoms with Crippen LogP contribution in [0.15, 0.2) is 0 Å². The molecule has 3 atom stereocenters. The second-order valence-corrected chi connectivity index (χ2v) is 14.5. The second-order valence-electron chi connectivity index (χ2n) is 13.4. The molecule has 2 aromatic rings. The fraction of sp³-hybridized carbons (Fsp3) is 0.700. The minimum absolute atomic E-state index is 0.0938. The van der Waals surface area contributed by atoms with Gasteiger partial charge in [-0.25, -0.2) is 4.39 Å². The molecule has 6 heterocycles. The number of thiophene rings is 1. The molecule has 0 bridgehead atoms. The number of nitrogen functional groups attached to an aromatic ring is 1. The number of hydrogen-bond donors (Lipinski definition) is 2. The van der Waals surface area contributed by atoms with Gasteiger partial charge in [0.05, 0.1) is 16.7 Å². The van der Waals surface area contributed by atoms with Gasteiger partial charge in [-0.15, -0.1) is 11.3 Å². The van der Waals surface area contributed by atoms with E-state index in [1.54, 1.807) is 11.3 Å². The van der Waals surface area contributed by atoms with Crippen LogP contribution in [0.3, 0.4) is 0 Å². The lowest BCUT2D eigenvalue weighted by Gasteiger charge is -2.53. The number of piperidine rings is 1. The Labute approximate surface area is 245 Å². The third-order valence-electron chi connectivity index (χ3n) is 10.3. The van der Waals surface area contributed by atoms with E-state index in [4.69, 9.17) is 20.4 Å². The van der Waals surface area contributed by atoms with Gasteiger partial charge in [0, 0.05) is 55.0 Å². The number of aryl methyl sites for hydroxylation is 1. The van der Waals surface area contributed by atoms with E-state index in [0.29, 0.717) is 42.7 Å². The molecule has 220 valence electrons. The number of aromatic nitrogens is 2. The number of nitriles is 1. The number of aliphatic hydroxyl groups is 1. The SMILES string of the molecule is Cc1c(N2CC3(CCCc4sc(N)c(C#N)c43)C2)nc(OC[C@@]23CCCN2C[C@H](F)C3)nc1N1CCC[C@@](C)(O)C1. The molecule has 11 heteroatoms. The van der Waals surface area contributed by atoms with Crippen molar-refractivity contribution in [2.45, 2.75) is 87.9 Å². The minimum atomic E-state index is -0.818. The van der Waals surface area contributed by atoms with Gasteiger partial charge in [0.1, 0.15) is 35.5 Å². The zero-order chi connectivity index (χ0) is 28.6. The fourth-order valence-corrected chi connectivity index (χ4v) is 9.59. The molecular formula is C30H40FN7O2S. The summed E-state index contributed by atoms with van der Waals surface area (Å²) in [5, 5.41) is 21.4. The Hall–Kier alpha value is -2.68. The third kappa shape index (κ3) is 4.45. The van der Waals surface area contributed by atoms with E-state index in [1.807, 2.05) is 6.92 Å². The van der Waals surface area contributed by atoms with Crippen LogP contribution in [-0.4, -0.2) is 83.2 Å². The zero-order valence-electron chi connectivity index (χ0n) is 24.1. The molecule has 4 fully saturated rings. The summed E-state index contributed by atoms with van der Waals surface area (Å²) in [5.41, 5.74) is 7.89. The molecule has 0 unspecified atom stereocenters. The number of anilines is 3. The molecule has 4 saturated heterocycles. The van der Waals surface area contributed by atoms with Crippen LogP contribution in [0.1, 0.15) is 73.4 Å². The molecule has 7 rings (SSSR count). The summed E-state index contributed by atoms with van der Waals surface area (Å²) in [4.78, 5) is 17.8. The van der Waals surface area contributed by atoms with Gasteiger partial charge in [-0.2, -0.15) is 15.2 Å². The number of fused-ring (bicyclic) bond motifs is 3. The summed E-state index contributed by atoms with van der Waals surface area (Å²) in [6.45, 7) is 8.54. The van der Waals surface area contributed by atoms with Crippen molar-refractivity contribution in [3.05, 3.63) is 21.6 Å². The number of β-amino-alcohol motifs (C(OH)–C–C–N with tert-alkyl or cyclic N) is 1. The lowest BCUT2D eigenvalue weighted by Crippen LogP contribution is -2.61. The van der Waals surface area contributed by atoms with Crippen LogP contribution in [0, 0.1) is 18.3 Å². The predicted octanol–water partition coefficient (Wildman–Crippen LogP) is 3.70. The first kappa shape index (κ1) is 27.2. The maximum Gasteiger partial charge on any atom is 0.320 e. The number of halogens is 1. The van der Waals surface area contributed by atoms with Crippen molar-refractivity contribution < 1.29 is 14.2 Å². The molecule has 0 saturated carbocycles. The molecule has 41 heavy (non-hydrogen) atoms. The molecule has 0 aromatic carbocycles. The highest BCUT2D eigenvalue weighted by atomic mass is 32.1. The van der Waals surface area contributed by atoms with Crippen molar-refractivity contribution in [2.24, 2.45) is 0 Å². The highest BCUT2D eigenvalue weighted by Gasteiger charge is 2.51. The summed E-state index contributed by atoms with van der Waals surface area (Å²) in [7, 11) is 0. The Morgan fingerprint density at radius 2 is 1.88 bits per heavy atom. The van der Waals surface area contributed by atoms with Crippen LogP contribution in [-0.2, 0) is 11.8 Å². The molecule has 0 amide bonds. The van der Waals surface area contributed by atoms with Gasteiger partial charge in [-0.05, 0) is 70.9 Å². The van der Waals surface area contributed by atoms with E-state index >= 15 is 0 Å². The smallest absolute Gasteiger partial charge is 0.320 e. The van der Waals surface area contributed by atoms with Crippen LogP contribution in [0.25, 0.3) is 0 Å². The van der Waals surface area contributed by atoms with Crippen molar-refractivity contribution in [2.75, 3.05) is 61.4 Å². The molecule has 3 N–H and O–H groups in total. The summed E-state index contributed by atoms with van der Waals surface area (Å²) < 4.78 is 20.8. The molecular weight excluding hydrogens is 541 g/mol. The monoisotopic (exact) mass is 581 g/mol. The summed E-state index contributed by atoms with van der Waals surface area (Å²) in [6, 6.07) is 2.70. The Balaban J connectivity index is 1.21. The molecule has 5 aliphatic rings. The highest BCUT2D eigenvalue weighted by Crippen LogP contribution is 2.51. The molecule has 2 aromatic heterocycles. The van der Waals surface area contributed by atoms with E-state index in [1.165, 1.54) is 4.88 Å².